The second kappa shape index (κ2) is 8.51. The van der Waals surface area contributed by atoms with Crippen molar-refractivity contribution in [3.8, 4) is 0 Å². The number of aromatic nitrogens is 5. The number of ether oxygens (including phenoxy) is 1. The van der Waals surface area contributed by atoms with E-state index in [4.69, 9.17) is 4.74 Å². The van der Waals surface area contributed by atoms with Gasteiger partial charge in [0.2, 0.25) is 5.82 Å². The maximum atomic E-state index is 13.3. The topological polar surface area (TPSA) is 90.1 Å². The summed E-state index contributed by atoms with van der Waals surface area (Å²) in [5.74, 6) is 0.765. The van der Waals surface area contributed by atoms with Crippen molar-refractivity contribution in [2.75, 3.05) is 19.7 Å². The molecular weight excluding hydrogens is 392 g/mol. The summed E-state index contributed by atoms with van der Waals surface area (Å²) >= 11 is 0. The summed E-state index contributed by atoms with van der Waals surface area (Å²) in [5, 5.41) is 13.8. The zero-order valence-electron chi connectivity index (χ0n) is 18.4. The molecule has 164 valence electrons. The number of H-pyrrole nitrogens is 1. The van der Waals surface area contributed by atoms with Crippen molar-refractivity contribution in [1.82, 2.24) is 25.2 Å². The highest BCUT2D eigenvalue weighted by molar-refractivity contribution is 5.83. The minimum atomic E-state index is -0.189. The molecule has 2 atom stereocenters. The van der Waals surface area contributed by atoms with Crippen molar-refractivity contribution in [2.24, 2.45) is 0 Å². The van der Waals surface area contributed by atoms with Gasteiger partial charge in [0.25, 0.3) is 5.56 Å². The largest absolute Gasteiger partial charge is 0.376 e. The highest BCUT2D eigenvalue weighted by atomic mass is 16.5. The molecule has 31 heavy (non-hydrogen) atoms. The van der Waals surface area contributed by atoms with Crippen LogP contribution in [0.5, 0.6) is 0 Å². The number of aromatic amines is 1. The molecule has 0 saturated carbocycles. The molecular formula is C23H31N6O2+. The highest BCUT2D eigenvalue weighted by Crippen LogP contribution is 2.23. The fourth-order valence-electron chi connectivity index (χ4n) is 5.28. The van der Waals surface area contributed by atoms with Gasteiger partial charge in [-0.3, -0.25) is 4.79 Å². The number of pyridine rings is 1. The molecule has 2 N–H and O–H groups in total. The summed E-state index contributed by atoms with van der Waals surface area (Å²) in [6.07, 6.45) is 5.79. The van der Waals surface area contributed by atoms with Crippen molar-refractivity contribution >= 4 is 10.9 Å². The Morgan fingerprint density at radius 2 is 2.03 bits per heavy atom. The molecule has 2 aromatic heterocycles. The standard InChI is InChI=1S/C23H30N6O2/c1-15-11-16(2)20-17(12-15)13-19(23(30)24-20)21(28-8-4-3-5-9-28)22-25-26-27-29(22)14-18-7-6-10-31-18/h11-13,18,21H,3-10,14H2,1-2H3,(H,24,30)/p+1/t18-,21-/m0/s1. The number of piperidine rings is 1. The van der Waals surface area contributed by atoms with Gasteiger partial charge >= 0.3 is 0 Å². The summed E-state index contributed by atoms with van der Waals surface area (Å²) in [7, 11) is 0. The lowest BCUT2D eigenvalue weighted by molar-refractivity contribution is -0.931. The third-order valence-electron chi connectivity index (χ3n) is 6.76. The van der Waals surface area contributed by atoms with Crippen LogP contribution >= 0.6 is 0 Å². The van der Waals surface area contributed by atoms with Crippen molar-refractivity contribution in [1.29, 1.82) is 0 Å². The first-order valence-corrected chi connectivity index (χ1v) is 11.5. The Morgan fingerprint density at radius 3 is 2.81 bits per heavy atom. The quantitative estimate of drug-likeness (QED) is 0.649. The van der Waals surface area contributed by atoms with E-state index in [2.05, 4.69) is 45.6 Å². The van der Waals surface area contributed by atoms with Crippen LogP contribution in [0.1, 0.15) is 60.7 Å². The van der Waals surface area contributed by atoms with Crippen LogP contribution in [0.2, 0.25) is 0 Å². The van der Waals surface area contributed by atoms with Gasteiger partial charge in [-0.25, -0.2) is 4.68 Å². The summed E-state index contributed by atoms with van der Waals surface area (Å²) < 4.78 is 7.70. The molecule has 8 nitrogen and oxygen atoms in total. The molecule has 3 aromatic rings. The van der Waals surface area contributed by atoms with E-state index < -0.39 is 0 Å². The van der Waals surface area contributed by atoms with Crippen molar-refractivity contribution < 1.29 is 9.64 Å². The number of tetrazole rings is 1. The van der Waals surface area contributed by atoms with E-state index in [0.717, 1.165) is 73.2 Å². The maximum Gasteiger partial charge on any atom is 0.258 e. The SMILES string of the molecule is Cc1cc(C)c2[nH]c(=O)c([C@@H](c3nnnn3C[C@@H]3CCCO3)[NH+]3CCCCC3)cc2c1. The Kier molecular flexibility index (Phi) is 5.58. The lowest BCUT2D eigenvalue weighted by atomic mass is 9.99. The van der Waals surface area contributed by atoms with Crippen molar-refractivity contribution in [3.63, 3.8) is 0 Å². The normalized spacial score (nSPS) is 21.0. The third kappa shape index (κ3) is 4.02. The Bertz CT molecular complexity index is 1120. The van der Waals surface area contributed by atoms with Crippen LogP contribution in [-0.2, 0) is 11.3 Å². The summed E-state index contributed by atoms with van der Waals surface area (Å²) in [6, 6.07) is 6.12. The fourth-order valence-corrected chi connectivity index (χ4v) is 5.28. The number of fused-ring (bicyclic) bond motifs is 1. The molecule has 2 aliphatic heterocycles. The molecule has 0 aliphatic carbocycles. The van der Waals surface area contributed by atoms with E-state index in [1.807, 2.05) is 11.6 Å². The fraction of sp³-hybridized carbons (Fsp3) is 0.565. The molecule has 0 amide bonds. The van der Waals surface area contributed by atoms with Gasteiger partial charge in [-0.05, 0) is 79.5 Å². The van der Waals surface area contributed by atoms with Crippen LogP contribution in [0.4, 0.5) is 0 Å². The predicted octanol–water partition coefficient (Wildman–Crippen LogP) is 1.47. The van der Waals surface area contributed by atoms with Crippen LogP contribution in [0.3, 0.4) is 0 Å². The molecule has 0 bridgehead atoms. The number of benzene rings is 1. The minimum Gasteiger partial charge on any atom is -0.376 e. The van der Waals surface area contributed by atoms with Gasteiger partial charge in [0.05, 0.1) is 36.8 Å². The molecule has 1 aromatic carbocycles. The molecule has 2 fully saturated rings. The lowest BCUT2D eigenvalue weighted by Crippen LogP contribution is -3.13. The van der Waals surface area contributed by atoms with E-state index >= 15 is 0 Å². The average Bonchev–Trinajstić information content (AvgIpc) is 3.43. The highest BCUT2D eigenvalue weighted by Gasteiger charge is 2.35. The Morgan fingerprint density at radius 1 is 1.19 bits per heavy atom. The van der Waals surface area contributed by atoms with Gasteiger partial charge in [-0.15, -0.1) is 5.10 Å². The molecule has 8 heteroatoms. The first-order chi connectivity index (χ1) is 15.1. The first-order valence-electron chi connectivity index (χ1n) is 11.5. The number of nitrogens with one attached hydrogen (secondary N) is 2. The molecule has 0 spiro atoms. The van der Waals surface area contributed by atoms with Crippen molar-refractivity contribution in [3.05, 3.63) is 51.1 Å². The second-order valence-electron chi connectivity index (χ2n) is 9.11. The summed E-state index contributed by atoms with van der Waals surface area (Å²) in [4.78, 5) is 17.9. The number of nitrogens with zero attached hydrogens (tertiary/aromatic N) is 4. The van der Waals surface area contributed by atoms with Gasteiger partial charge in [0.15, 0.2) is 6.04 Å². The van der Waals surface area contributed by atoms with E-state index in [9.17, 15) is 4.79 Å². The van der Waals surface area contributed by atoms with Gasteiger partial charge < -0.3 is 14.6 Å². The zero-order valence-corrected chi connectivity index (χ0v) is 18.4. The number of rotatable bonds is 5. The van der Waals surface area contributed by atoms with Gasteiger partial charge in [-0.2, -0.15) is 0 Å². The molecule has 0 radical (unpaired) electrons. The maximum absolute atomic E-state index is 13.3. The predicted molar refractivity (Wildman–Crippen MR) is 117 cm³/mol. The molecule has 4 heterocycles. The molecule has 2 aliphatic rings. The lowest BCUT2D eigenvalue weighted by Gasteiger charge is -2.30. The van der Waals surface area contributed by atoms with E-state index in [1.165, 1.54) is 16.9 Å². The summed E-state index contributed by atoms with van der Waals surface area (Å²) in [5.41, 5.74) is 3.88. The number of hydrogen-bond donors (Lipinski definition) is 2. The smallest absolute Gasteiger partial charge is 0.258 e. The van der Waals surface area contributed by atoms with Crippen LogP contribution in [0, 0.1) is 13.8 Å². The van der Waals surface area contributed by atoms with Gasteiger partial charge in [0.1, 0.15) is 0 Å². The number of aryl methyl sites for hydroxylation is 2. The number of likely N-dealkylation sites (tertiary alicyclic amines) is 1. The summed E-state index contributed by atoms with van der Waals surface area (Å²) in [6.45, 7) is 7.60. The Balaban J connectivity index is 1.62. The number of hydrogen-bond acceptors (Lipinski definition) is 5. The first kappa shape index (κ1) is 20.3. The molecule has 5 rings (SSSR count). The van der Waals surface area contributed by atoms with E-state index in [0.29, 0.717) is 6.54 Å². The molecule has 0 unspecified atom stereocenters. The van der Waals surface area contributed by atoms with Crippen molar-refractivity contribution in [2.45, 2.75) is 64.6 Å². The van der Waals surface area contributed by atoms with Crippen LogP contribution in [-0.4, -0.2) is 51.0 Å². The monoisotopic (exact) mass is 423 g/mol. The van der Waals surface area contributed by atoms with Crippen LogP contribution < -0.4 is 10.5 Å². The van der Waals surface area contributed by atoms with Gasteiger partial charge in [-0.1, -0.05) is 11.6 Å². The Labute approximate surface area is 181 Å². The van der Waals surface area contributed by atoms with Gasteiger partial charge in [0, 0.05) is 6.61 Å². The molecule has 2 saturated heterocycles. The Hall–Kier alpha value is -2.58. The zero-order chi connectivity index (χ0) is 21.4. The van der Waals surface area contributed by atoms with Crippen LogP contribution in [0.15, 0.2) is 23.0 Å². The average molecular weight is 424 g/mol. The number of quaternary nitrogens is 1. The second-order valence-corrected chi connectivity index (χ2v) is 9.11. The third-order valence-corrected chi connectivity index (χ3v) is 6.76. The van der Waals surface area contributed by atoms with E-state index in [-0.39, 0.29) is 17.7 Å². The van der Waals surface area contributed by atoms with E-state index in [1.54, 1.807) is 0 Å². The van der Waals surface area contributed by atoms with Crippen LogP contribution in [0.25, 0.3) is 10.9 Å². The minimum absolute atomic E-state index is 0.0470.